The highest BCUT2D eigenvalue weighted by molar-refractivity contribution is 7.07. The van der Waals surface area contributed by atoms with Crippen LogP contribution in [0.5, 0.6) is 0 Å². The number of hydrogen-bond acceptors (Lipinski definition) is 3. The molecule has 0 fully saturated rings. The van der Waals surface area contributed by atoms with Crippen molar-refractivity contribution >= 4 is 22.9 Å². The first kappa shape index (κ1) is 13.6. The number of likely N-dealkylation sites (N-methyl/N-ethyl adjacent to an activating group) is 1. The van der Waals surface area contributed by atoms with Gasteiger partial charge in [-0.1, -0.05) is 12.1 Å². The van der Waals surface area contributed by atoms with E-state index in [4.69, 9.17) is 0 Å². The molecule has 2 N–H and O–H groups in total. The van der Waals surface area contributed by atoms with Crippen LogP contribution in [0.1, 0.15) is 24.1 Å². The number of hydrogen-bond donors (Lipinski definition) is 2. The Labute approximate surface area is 117 Å². The smallest absolute Gasteiger partial charge is 0.224 e. The fraction of sp³-hybridized carbons (Fsp3) is 0.267. The third-order valence-electron chi connectivity index (χ3n) is 3.02. The number of anilines is 1. The minimum absolute atomic E-state index is 0.0346. The highest BCUT2D eigenvalue weighted by Gasteiger charge is 2.06. The van der Waals surface area contributed by atoms with Gasteiger partial charge < -0.3 is 10.6 Å². The first-order valence-electron chi connectivity index (χ1n) is 6.27. The summed E-state index contributed by atoms with van der Waals surface area (Å²) in [5.41, 5.74) is 3.38. The molecule has 1 heterocycles. The molecule has 19 heavy (non-hydrogen) atoms. The van der Waals surface area contributed by atoms with Crippen LogP contribution in [0.15, 0.2) is 41.1 Å². The Balaban J connectivity index is 1.97. The maximum Gasteiger partial charge on any atom is 0.224 e. The van der Waals surface area contributed by atoms with E-state index < -0.39 is 0 Å². The van der Waals surface area contributed by atoms with Crippen LogP contribution in [0.2, 0.25) is 0 Å². The Morgan fingerprint density at radius 2 is 2.00 bits per heavy atom. The number of benzene rings is 1. The van der Waals surface area contributed by atoms with Gasteiger partial charge in [0.05, 0.1) is 6.42 Å². The summed E-state index contributed by atoms with van der Waals surface area (Å²) in [7, 11) is 1.65. The molecule has 100 valence electrons. The molecular formula is C15H18N2OS. The van der Waals surface area contributed by atoms with E-state index in [2.05, 4.69) is 34.4 Å². The van der Waals surface area contributed by atoms with Crippen molar-refractivity contribution in [2.75, 3.05) is 12.4 Å². The summed E-state index contributed by atoms with van der Waals surface area (Å²) >= 11 is 1.71. The molecule has 0 aliphatic rings. The van der Waals surface area contributed by atoms with E-state index in [1.165, 1.54) is 5.56 Å². The molecular weight excluding hydrogens is 256 g/mol. The SMILES string of the molecule is CNC(=O)Cc1ccc(NC(C)c2ccsc2)cc1. The summed E-state index contributed by atoms with van der Waals surface area (Å²) in [6.45, 7) is 2.14. The lowest BCUT2D eigenvalue weighted by Crippen LogP contribution is -2.19. The molecule has 0 radical (unpaired) electrons. The Hall–Kier alpha value is -1.81. The monoisotopic (exact) mass is 274 g/mol. The second kappa shape index (κ2) is 6.38. The van der Waals surface area contributed by atoms with E-state index in [-0.39, 0.29) is 11.9 Å². The van der Waals surface area contributed by atoms with Crippen LogP contribution in [0.3, 0.4) is 0 Å². The van der Waals surface area contributed by atoms with E-state index in [0.29, 0.717) is 6.42 Å². The number of rotatable bonds is 5. The van der Waals surface area contributed by atoms with Crippen LogP contribution in [-0.2, 0) is 11.2 Å². The standard InChI is InChI=1S/C15H18N2OS/c1-11(13-7-8-19-10-13)17-14-5-3-12(4-6-14)9-15(18)16-2/h3-8,10-11,17H,9H2,1-2H3,(H,16,18). The molecule has 0 saturated heterocycles. The van der Waals surface area contributed by atoms with Gasteiger partial charge in [0.15, 0.2) is 0 Å². The highest BCUT2D eigenvalue weighted by Crippen LogP contribution is 2.21. The molecule has 2 rings (SSSR count). The van der Waals surface area contributed by atoms with Crippen LogP contribution >= 0.6 is 11.3 Å². The van der Waals surface area contributed by atoms with Crippen molar-refractivity contribution in [1.82, 2.24) is 5.32 Å². The van der Waals surface area contributed by atoms with Crippen molar-refractivity contribution in [3.05, 3.63) is 52.2 Å². The first-order valence-corrected chi connectivity index (χ1v) is 7.21. The zero-order chi connectivity index (χ0) is 13.7. The highest BCUT2D eigenvalue weighted by atomic mass is 32.1. The van der Waals surface area contributed by atoms with Crippen molar-refractivity contribution in [2.24, 2.45) is 0 Å². The molecule has 1 unspecified atom stereocenters. The van der Waals surface area contributed by atoms with Crippen LogP contribution in [0, 0.1) is 0 Å². The lowest BCUT2D eigenvalue weighted by atomic mass is 10.1. The summed E-state index contributed by atoms with van der Waals surface area (Å²) in [5.74, 6) is 0.0346. The lowest BCUT2D eigenvalue weighted by molar-refractivity contribution is -0.119. The van der Waals surface area contributed by atoms with Gasteiger partial charge in [0, 0.05) is 18.8 Å². The molecule has 0 aliphatic carbocycles. The van der Waals surface area contributed by atoms with Crippen molar-refractivity contribution in [1.29, 1.82) is 0 Å². The van der Waals surface area contributed by atoms with Gasteiger partial charge in [0.25, 0.3) is 0 Å². The number of amides is 1. The summed E-state index contributed by atoms with van der Waals surface area (Å²) in [4.78, 5) is 11.3. The van der Waals surface area contributed by atoms with E-state index in [0.717, 1.165) is 11.3 Å². The fourth-order valence-corrected chi connectivity index (χ4v) is 2.60. The Kier molecular flexibility index (Phi) is 4.58. The number of carbonyl (C=O) groups is 1. The van der Waals surface area contributed by atoms with Gasteiger partial charge in [-0.3, -0.25) is 4.79 Å². The third-order valence-corrected chi connectivity index (χ3v) is 3.73. The van der Waals surface area contributed by atoms with Crippen molar-refractivity contribution in [3.8, 4) is 0 Å². The molecule has 1 aromatic heterocycles. The molecule has 2 aromatic rings. The summed E-state index contributed by atoms with van der Waals surface area (Å²) in [6, 6.07) is 10.4. The van der Waals surface area contributed by atoms with Crippen LogP contribution < -0.4 is 10.6 Å². The molecule has 0 spiro atoms. The van der Waals surface area contributed by atoms with E-state index >= 15 is 0 Å². The third kappa shape index (κ3) is 3.83. The fourth-order valence-electron chi connectivity index (χ4n) is 1.85. The second-order valence-electron chi connectivity index (χ2n) is 4.47. The average Bonchev–Trinajstić information content (AvgIpc) is 2.95. The quantitative estimate of drug-likeness (QED) is 0.879. The molecule has 0 saturated carbocycles. The molecule has 1 atom stereocenters. The van der Waals surface area contributed by atoms with E-state index in [1.54, 1.807) is 18.4 Å². The van der Waals surface area contributed by atoms with Crippen LogP contribution in [0.25, 0.3) is 0 Å². The van der Waals surface area contributed by atoms with E-state index in [9.17, 15) is 4.79 Å². The zero-order valence-corrected chi connectivity index (χ0v) is 12.0. The molecule has 0 bridgehead atoms. The Morgan fingerprint density at radius 1 is 1.26 bits per heavy atom. The number of thiophene rings is 1. The lowest BCUT2D eigenvalue weighted by Gasteiger charge is -2.14. The number of nitrogens with one attached hydrogen (secondary N) is 2. The zero-order valence-electron chi connectivity index (χ0n) is 11.1. The second-order valence-corrected chi connectivity index (χ2v) is 5.25. The van der Waals surface area contributed by atoms with Crippen molar-refractivity contribution in [3.63, 3.8) is 0 Å². The summed E-state index contributed by atoms with van der Waals surface area (Å²) < 4.78 is 0. The predicted molar refractivity (Wildman–Crippen MR) is 80.6 cm³/mol. The summed E-state index contributed by atoms with van der Waals surface area (Å²) in [5, 5.41) is 10.3. The van der Waals surface area contributed by atoms with Gasteiger partial charge in [-0.05, 0) is 47.0 Å². The average molecular weight is 274 g/mol. The normalized spacial score (nSPS) is 11.9. The maximum absolute atomic E-state index is 11.3. The molecule has 3 nitrogen and oxygen atoms in total. The van der Waals surface area contributed by atoms with Crippen LogP contribution in [-0.4, -0.2) is 13.0 Å². The van der Waals surface area contributed by atoms with Crippen molar-refractivity contribution < 1.29 is 4.79 Å². The van der Waals surface area contributed by atoms with Gasteiger partial charge in [-0.25, -0.2) is 0 Å². The van der Waals surface area contributed by atoms with Gasteiger partial charge in [-0.2, -0.15) is 11.3 Å². The van der Waals surface area contributed by atoms with Gasteiger partial charge in [-0.15, -0.1) is 0 Å². The van der Waals surface area contributed by atoms with Gasteiger partial charge in [0.1, 0.15) is 0 Å². The van der Waals surface area contributed by atoms with E-state index in [1.807, 2.05) is 24.3 Å². The summed E-state index contributed by atoms with van der Waals surface area (Å²) in [6.07, 6.45) is 0.427. The topological polar surface area (TPSA) is 41.1 Å². The Bertz CT molecular complexity index is 520. The van der Waals surface area contributed by atoms with Crippen LogP contribution in [0.4, 0.5) is 5.69 Å². The van der Waals surface area contributed by atoms with Gasteiger partial charge >= 0.3 is 0 Å². The predicted octanol–water partition coefficient (Wildman–Crippen LogP) is 3.21. The Morgan fingerprint density at radius 3 is 2.58 bits per heavy atom. The minimum Gasteiger partial charge on any atom is -0.378 e. The van der Waals surface area contributed by atoms with Crippen molar-refractivity contribution in [2.45, 2.75) is 19.4 Å². The first-order chi connectivity index (χ1) is 9.19. The molecule has 4 heteroatoms. The molecule has 0 aliphatic heterocycles. The maximum atomic E-state index is 11.3. The van der Waals surface area contributed by atoms with Gasteiger partial charge in [0.2, 0.25) is 5.91 Å². The molecule has 1 aromatic carbocycles. The minimum atomic E-state index is 0.0346. The largest absolute Gasteiger partial charge is 0.378 e. The molecule has 1 amide bonds. The number of carbonyl (C=O) groups excluding carboxylic acids is 1.